The Morgan fingerprint density at radius 1 is 1.19 bits per heavy atom. The van der Waals surface area contributed by atoms with E-state index in [-0.39, 0.29) is 5.84 Å². The summed E-state index contributed by atoms with van der Waals surface area (Å²) in [4.78, 5) is 11.5. The van der Waals surface area contributed by atoms with E-state index < -0.39 is 5.97 Å². The topological polar surface area (TPSA) is 76.2 Å². The van der Waals surface area contributed by atoms with Crippen LogP contribution in [-0.2, 0) is 4.74 Å². The lowest BCUT2D eigenvalue weighted by Gasteiger charge is -2.14. The predicted octanol–water partition coefficient (Wildman–Crippen LogP) is 1.68. The minimum Gasteiger partial charge on any atom is -0.465 e. The Labute approximate surface area is 94.9 Å². The Kier molecular flexibility index (Phi) is 3.32. The molecule has 0 aliphatic carbocycles. The van der Waals surface area contributed by atoms with Crippen molar-refractivity contribution in [2.24, 2.45) is 5.73 Å². The fourth-order valence-corrected chi connectivity index (χ4v) is 1.65. The fraction of sp³-hybridized carbons (Fsp3) is 0.333. The SMILES string of the molecule is COC(=O)c1cc(C(=N)N)c(C)c(C)c1C. The number of carbonyl (C=O) groups excluding carboxylic acids is 1. The summed E-state index contributed by atoms with van der Waals surface area (Å²) in [5.74, 6) is -0.436. The maximum atomic E-state index is 11.5. The Morgan fingerprint density at radius 2 is 1.69 bits per heavy atom. The van der Waals surface area contributed by atoms with Gasteiger partial charge in [0.05, 0.1) is 12.7 Å². The standard InChI is InChI=1S/C12H16N2O2/c1-6-7(2)9(11(13)14)5-10(8(6)3)12(15)16-4/h5H,1-4H3,(H3,13,14). The van der Waals surface area contributed by atoms with Gasteiger partial charge < -0.3 is 10.5 Å². The number of nitrogen functional groups attached to an aromatic ring is 1. The molecule has 0 aromatic heterocycles. The van der Waals surface area contributed by atoms with Crippen molar-refractivity contribution >= 4 is 11.8 Å². The molecule has 86 valence electrons. The van der Waals surface area contributed by atoms with E-state index in [9.17, 15) is 4.79 Å². The van der Waals surface area contributed by atoms with Crippen molar-refractivity contribution in [1.29, 1.82) is 5.41 Å². The first-order chi connectivity index (χ1) is 7.40. The van der Waals surface area contributed by atoms with Crippen LogP contribution in [0.2, 0.25) is 0 Å². The van der Waals surface area contributed by atoms with Gasteiger partial charge in [0.2, 0.25) is 0 Å². The molecule has 4 heteroatoms. The van der Waals surface area contributed by atoms with E-state index >= 15 is 0 Å². The molecule has 1 aromatic rings. The highest BCUT2D eigenvalue weighted by atomic mass is 16.5. The van der Waals surface area contributed by atoms with Crippen LogP contribution in [-0.4, -0.2) is 18.9 Å². The Hall–Kier alpha value is -1.84. The third-order valence-electron chi connectivity index (χ3n) is 2.92. The normalized spacial score (nSPS) is 10.0. The second-order valence-corrected chi connectivity index (χ2v) is 3.75. The highest BCUT2D eigenvalue weighted by molar-refractivity contribution is 6.00. The molecule has 0 saturated heterocycles. The zero-order chi connectivity index (χ0) is 12.5. The molecule has 0 atom stereocenters. The Morgan fingerprint density at radius 3 is 2.12 bits per heavy atom. The molecule has 3 N–H and O–H groups in total. The molecule has 1 aromatic carbocycles. The van der Waals surface area contributed by atoms with Gasteiger partial charge in [0.1, 0.15) is 5.84 Å². The Balaban J connectivity index is 3.53. The van der Waals surface area contributed by atoms with Gasteiger partial charge in [-0.1, -0.05) is 0 Å². The lowest BCUT2D eigenvalue weighted by molar-refractivity contribution is 0.0600. The first-order valence-corrected chi connectivity index (χ1v) is 4.93. The van der Waals surface area contributed by atoms with Crippen molar-refractivity contribution in [1.82, 2.24) is 0 Å². The number of hydrogen-bond donors (Lipinski definition) is 2. The van der Waals surface area contributed by atoms with Gasteiger partial charge >= 0.3 is 5.97 Å². The largest absolute Gasteiger partial charge is 0.465 e. The van der Waals surface area contributed by atoms with E-state index in [2.05, 4.69) is 0 Å². The molecule has 1 rings (SSSR count). The monoisotopic (exact) mass is 220 g/mol. The molecule has 0 aliphatic heterocycles. The number of amidine groups is 1. The molecule has 0 heterocycles. The molecule has 0 saturated carbocycles. The molecule has 4 nitrogen and oxygen atoms in total. The molecule has 0 unspecified atom stereocenters. The number of carbonyl (C=O) groups is 1. The van der Waals surface area contributed by atoms with Crippen LogP contribution in [0.5, 0.6) is 0 Å². The van der Waals surface area contributed by atoms with Crippen LogP contribution in [0.4, 0.5) is 0 Å². The quantitative estimate of drug-likeness (QED) is 0.452. The summed E-state index contributed by atoms with van der Waals surface area (Å²) in [5.41, 5.74) is 9.29. The van der Waals surface area contributed by atoms with E-state index in [4.69, 9.17) is 15.9 Å². The van der Waals surface area contributed by atoms with Crippen LogP contribution < -0.4 is 5.73 Å². The number of rotatable bonds is 2. The first-order valence-electron chi connectivity index (χ1n) is 4.93. The zero-order valence-corrected chi connectivity index (χ0v) is 9.97. The lowest BCUT2D eigenvalue weighted by Crippen LogP contribution is -2.16. The van der Waals surface area contributed by atoms with E-state index in [0.29, 0.717) is 11.1 Å². The average Bonchev–Trinajstić information content (AvgIpc) is 2.25. The van der Waals surface area contributed by atoms with Gasteiger partial charge in [0.25, 0.3) is 0 Å². The summed E-state index contributed by atoms with van der Waals surface area (Å²) in [6.07, 6.45) is 0. The maximum Gasteiger partial charge on any atom is 0.338 e. The summed E-state index contributed by atoms with van der Waals surface area (Å²) >= 11 is 0. The zero-order valence-electron chi connectivity index (χ0n) is 9.97. The molecule has 0 fully saturated rings. The fourth-order valence-electron chi connectivity index (χ4n) is 1.65. The van der Waals surface area contributed by atoms with Gasteiger partial charge in [-0.3, -0.25) is 5.41 Å². The number of methoxy groups -OCH3 is 1. The molecule has 0 spiro atoms. The smallest absolute Gasteiger partial charge is 0.338 e. The average molecular weight is 220 g/mol. The molecule has 0 bridgehead atoms. The van der Waals surface area contributed by atoms with Gasteiger partial charge in [-0.2, -0.15) is 0 Å². The minimum atomic E-state index is -0.400. The van der Waals surface area contributed by atoms with Crippen molar-refractivity contribution in [3.8, 4) is 0 Å². The van der Waals surface area contributed by atoms with Crippen LogP contribution >= 0.6 is 0 Å². The maximum absolute atomic E-state index is 11.5. The number of esters is 1. The second kappa shape index (κ2) is 4.35. The predicted molar refractivity (Wildman–Crippen MR) is 63.0 cm³/mol. The van der Waals surface area contributed by atoms with Gasteiger partial charge in [0, 0.05) is 5.56 Å². The van der Waals surface area contributed by atoms with E-state index in [0.717, 1.165) is 16.7 Å². The third kappa shape index (κ3) is 1.91. The van der Waals surface area contributed by atoms with Gasteiger partial charge in [-0.05, 0) is 43.5 Å². The van der Waals surface area contributed by atoms with Crippen LogP contribution in [0.3, 0.4) is 0 Å². The van der Waals surface area contributed by atoms with Crippen LogP contribution in [0.25, 0.3) is 0 Å². The number of hydrogen-bond acceptors (Lipinski definition) is 3. The van der Waals surface area contributed by atoms with Crippen molar-refractivity contribution in [2.45, 2.75) is 20.8 Å². The summed E-state index contributed by atoms with van der Waals surface area (Å²) in [6.45, 7) is 5.65. The molecule has 0 amide bonds. The van der Waals surface area contributed by atoms with Crippen molar-refractivity contribution in [3.63, 3.8) is 0 Å². The number of ether oxygens (including phenoxy) is 1. The van der Waals surface area contributed by atoms with Gasteiger partial charge in [-0.25, -0.2) is 4.79 Å². The highest BCUT2D eigenvalue weighted by Gasteiger charge is 2.16. The van der Waals surface area contributed by atoms with E-state index in [1.165, 1.54) is 7.11 Å². The summed E-state index contributed by atoms with van der Waals surface area (Å²) in [5, 5.41) is 7.46. The summed E-state index contributed by atoms with van der Waals surface area (Å²) in [6, 6.07) is 1.62. The molecular weight excluding hydrogens is 204 g/mol. The number of benzene rings is 1. The van der Waals surface area contributed by atoms with Gasteiger partial charge in [0.15, 0.2) is 0 Å². The summed E-state index contributed by atoms with van der Waals surface area (Å²) < 4.78 is 4.70. The van der Waals surface area contributed by atoms with E-state index in [1.807, 2.05) is 20.8 Å². The molecular formula is C12H16N2O2. The van der Waals surface area contributed by atoms with E-state index in [1.54, 1.807) is 6.07 Å². The van der Waals surface area contributed by atoms with Crippen LogP contribution in [0.15, 0.2) is 6.07 Å². The molecule has 16 heavy (non-hydrogen) atoms. The highest BCUT2D eigenvalue weighted by Crippen LogP contribution is 2.22. The lowest BCUT2D eigenvalue weighted by atomic mass is 9.93. The third-order valence-corrected chi connectivity index (χ3v) is 2.92. The minimum absolute atomic E-state index is 0.0363. The molecule has 0 radical (unpaired) electrons. The Bertz CT molecular complexity index is 465. The van der Waals surface area contributed by atoms with Crippen LogP contribution in [0, 0.1) is 26.2 Å². The van der Waals surface area contributed by atoms with Crippen molar-refractivity contribution in [2.75, 3.05) is 7.11 Å². The first kappa shape index (κ1) is 12.2. The number of nitrogens with two attached hydrogens (primary N) is 1. The van der Waals surface area contributed by atoms with Gasteiger partial charge in [-0.15, -0.1) is 0 Å². The van der Waals surface area contributed by atoms with Crippen LogP contribution in [0.1, 0.15) is 32.6 Å². The summed E-state index contributed by atoms with van der Waals surface area (Å²) in [7, 11) is 1.34. The van der Waals surface area contributed by atoms with Crippen molar-refractivity contribution < 1.29 is 9.53 Å². The molecule has 0 aliphatic rings. The number of nitrogens with one attached hydrogen (secondary N) is 1. The van der Waals surface area contributed by atoms with Crippen molar-refractivity contribution in [3.05, 3.63) is 33.9 Å². The second-order valence-electron chi connectivity index (χ2n) is 3.75.